The van der Waals surface area contributed by atoms with Crippen molar-refractivity contribution >= 4 is 33.8 Å². The molecule has 3 rings (SSSR count). The van der Waals surface area contributed by atoms with Crippen molar-refractivity contribution in [2.45, 2.75) is 45.2 Å². The van der Waals surface area contributed by atoms with Crippen molar-refractivity contribution in [3.8, 4) is 0 Å². The van der Waals surface area contributed by atoms with E-state index in [-0.39, 0.29) is 12.6 Å². The van der Waals surface area contributed by atoms with Crippen LogP contribution in [0.5, 0.6) is 0 Å². The van der Waals surface area contributed by atoms with E-state index in [1.807, 2.05) is 55.5 Å². The van der Waals surface area contributed by atoms with Crippen LogP contribution >= 0.6 is 15.9 Å². The molecule has 4 amide bonds. The Balaban J connectivity index is 1.68. The van der Waals surface area contributed by atoms with Gasteiger partial charge in [0.2, 0.25) is 5.91 Å². The Bertz CT molecular complexity index is 943. The Labute approximate surface area is 185 Å². The minimum atomic E-state index is -1.18. The van der Waals surface area contributed by atoms with Crippen LogP contribution in [0.25, 0.3) is 0 Å². The number of rotatable bonds is 7. The van der Waals surface area contributed by atoms with Crippen LogP contribution in [0.2, 0.25) is 0 Å². The minimum Gasteiger partial charge on any atom is -0.348 e. The van der Waals surface area contributed by atoms with E-state index in [1.54, 1.807) is 6.92 Å². The number of amides is 4. The summed E-state index contributed by atoms with van der Waals surface area (Å²) in [6, 6.07) is 14.5. The first-order valence-corrected chi connectivity index (χ1v) is 10.8. The second-order valence-corrected chi connectivity index (χ2v) is 8.65. The molecule has 1 heterocycles. The Morgan fingerprint density at radius 2 is 1.77 bits per heavy atom. The average Bonchev–Trinajstić information content (AvgIpc) is 2.93. The second kappa shape index (κ2) is 9.00. The molecule has 2 N–H and O–H groups in total. The highest BCUT2D eigenvalue weighted by atomic mass is 79.9. The van der Waals surface area contributed by atoms with Crippen molar-refractivity contribution in [1.82, 2.24) is 15.5 Å². The molecule has 7 heteroatoms. The first-order chi connectivity index (χ1) is 14.2. The van der Waals surface area contributed by atoms with Crippen molar-refractivity contribution < 1.29 is 14.4 Å². The maximum Gasteiger partial charge on any atom is 0.325 e. The molecule has 30 heavy (non-hydrogen) atoms. The van der Waals surface area contributed by atoms with Crippen molar-refractivity contribution in [1.29, 1.82) is 0 Å². The lowest BCUT2D eigenvalue weighted by atomic mass is 9.91. The fraction of sp³-hybridized carbons (Fsp3) is 0.348. The largest absolute Gasteiger partial charge is 0.348 e. The first-order valence-electron chi connectivity index (χ1n) is 10.0. The van der Waals surface area contributed by atoms with Gasteiger partial charge in [-0.25, -0.2) is 4.79 Å². The molecule has 0 bridgehead atoms. The van der Waals surface area contributed by atoms with Gasteiger partial charge in [0.25, 0.3) is 5.91 Å². The number of hydrogen-bond donors (Lipinski definition) is 2. The summed E-state index contributed by atoms with van der Waals surface area (Å²) in [5.74, 6) is -0.821. The molecular weight excluding hydrogens is 446 g/mol. The van der Waals surface area contributed by atoms with E-state index in [9.17, 15) is 14.4 Å². The normalized spacial score (nSPS) is 19.5. The Kier molecular flexibility index (Phi) is 6.61. The zero-order chi connectivity index (χ0) is 21.9. The van der Waals surface area contributed by atoms with Gasteiger partial charge >= 0.3 is 6.03 Å². The highest BCUT2D eigenvalue weighted by molar-refractivity contribution is 9.10. The molecule has 0 aromatic heterocycles. The van der Waals surface area contributed by atoms with Crippen molar-refractivity contribution in [2.75, 3.05) is 6.54 Å². The number of imide groups is 1. The van der Waals surface area contributed by atoms with Gasteiger partial charge in [-0.05, 0) is 49.1 Å². The molecule has 1 fully saturated rings. The number of benzene rings is 2. The Morgan fingerprint density at radius 3 is 2.37 bits per heavy atom. The molecule has 0 saturated carbocycles. The number of halogens is 1. The van der Waals surface area contributed by atoms with Gasteiger partial charge in [0.15, 0.2) is 0 Å². The van der Waals surface area contributed by atoms with E-state index in [0.717, 1.165) is 27.8 Å². The van der Waals surface area contributed by atoms with E-state index >= 15 is 0 Å². The van der Waals surface area contributed by atoms with Crippen LogP contribution in [-0.2, 0) is 21.5 Å². The van der Waals surface area contributed by atoms with E-state index in [2.05, 4.69) is 33.5 Å². The maximum atomic E-state index is 13.0. The third-order valence-corrected chi connectivity index (χ3v) is 5.92. The number of aryl methyl sites for hydroxylation is 1. The molecule has 2 aromatic carbocycles. The van der Waals surface area contributed by atoms with Crippen LogP contribution in [0, 0.1) is 0 Å². The third kappa shape index (κ3) is 4.56. The van der Waals surface area contributed by atoms with Gasteiger partial charge in [-0.15, -0.1) is 0 Å². The van der Waals surface area contributed by atoms with Crippen LogP contribution < -0.4 is 10.6 Å². The summed E-state index contributed by atoms with van der Waals surface area (Å²) in [5, 5.41) is 5.59. The van der Waals surface area contributed by atoms with E-state index in [4.69, 9.17) is 0 Å². The zero-order valence-corrected chi connectivity index (χ0v) is 19.0. The molecule has 2 atom stereocenters. The maximum absolute atomic E-state index is 13.0. The van der Waals surface area contributed by atoms with Gasteiger partial charge in [0.1, 0.15) is 12.1 Å². The van der Waals surface area contributed by atoms with Crippen molar-refractivity contribution in [2.24, 2.45) is 0 Å². The first kappa shape index (κ1) is 22.0. The van der Waals surface area contributed by atoms with Crippen LogP contribution in [0.15, 0.2) is 53.0 Å². The topological polar surface area (TPSA) is 78.5 Å². The van der Waals surface area contributed by atoms with Gasteiger partial charge < -0.3 is 10.6 Å². The molecule has 6 nitrogen and oxygen atoms in total. The summed E-state index contributed by atoms with van der Waals surface area (Å²) in [7, 11) is 0. The van der Waals surface area contributed by atoms with Gasteiger partial charge in [0.05, 0.1) is 6.04 Å². The summed E-state index contributed by atoms with van der Waals surface area (Å²) < 4.78 is 0.950. The lowest BCUT2D eigenvalue weighted by Crippen LogP contribution is -2.43. The zero-order valence-electron chi connectivity index (χ0n) is 17.4. The molecule has 0 spiro atoms. The van der Waals surface area contributed by atoms with E-state index < -0.39 is 23.4 Å². The van der Waals surface area contributed by atoms with Gasteiger partial charge in [-0.3, -0.25) is 14.5 Å². The highest BCUT2D eigenvalue weighted by Crippen LogP contribution is 2.29. The Hall–Kier alpha value is -2.67. The SMILES string of the molecule is CCCc1ccc(C2(C)NC(=O)N(CC(=O)NC(C)c3ccc(Br)cc3)C2=O)cc1. The summed E-state index contributed by atoms with van der Waals surface area (Å²) in [4.78, 5) is 39.0. The summed E-state index contributed by atoms with van der Waals surface area (Å²) in [6.07, 6.45) is 1.99. The molecule has 158 valence electrons. The van der Waals surface area contributed by atoms with Crippen LogP contribution in [0.3, 0.4) is 0 Å². The molecule has 2 unspecified atom stereocenters. The lowest BCUT2D eigenvalue weighted by Gasteiger charge is -2.23. The summed E-state index contributed by atoms with van der Waals surface area (Å²) >= 11 is 3.38. The molecule has 1 aliphatic rings. The summed E-state index contributed by atoms with van der Waals surface area (Å²) in [5.41, 5.74) is 1.63. The highest BCUT2D eigenvalue weighted by Gasteiger charge is 2.49. The second-order valence-electron chi connectivity index (χ2n) is 7.73. The standard InChI is InChI=1S/C23H26BrN3O3/c1-4-5-16-6-10-18(11-7-16)23(3)21(29)27(22(30)26-23)14-20(28)25-15(2)17-8-12-19(24)13-9-17/h6-13,15H,4-5,14H2,1-3H3,(H,25,28)(H,26,30). The number of carbonyl (C=O) groups excluding carboxylic acids is 3. The van der Waals surface area contributed by atoms with Crippen LogP contribution in [0.1, 0.15) is 49.9 Å². The number of nitrogens with one attached hydrogen (secondary N) is 2. The monoisotopic (exact) mass is 471 g/mol. The fourth-order valence-electron chi connectivity index (χ4n) is 3.60. The quantitative estimate of drug-likeness (QED) is 0.597. The predicted molar refractivity (Wildman–Crippen MR) is 119 cm³/mol. The predicted octanol–water partition coefficient (Wildman–Crippen LogP) is 4.05. The molecule has 1 aliphatic heterocycles. The summed E-state index contributed by atoms with van der Waals surface area (Å²) in [6.45, 7) is 5.31. The van der Waals surface area contributed by atoms with Gasteiger partial charge in [0, 0.05) is 4.47 Å². The third-order valence-electron chi connectivity index (χ3n) is 5.39. The fourth-order valence-corrected chi connectivity index (χ4v) is 3.86. The van der Waals surface area contributed by atoms with Crippen LogP contribution in [-0.4, -0.2) is 29.3 Å². The molecule has 0 radical (unpaired) electrons. The minimum absolute atomic E-state index is 0.246. The van der Waals surface area contributed by atoms with Crippen molar-refractivity contribution in [3.05, 3.63) is 69.7 Å². The van der Waals surface area contributed by atoms with E-state index in [1.165, 1.54) is 5.56 Å². The van der Waals surface area contributed by atoms with Crippen molar-refractivity contribution in [3.63, 3.8) is 0 Å². The molecule has 0 aliphatic carbocycles. The number of nitrogens with zero attached hydrogens (tertiary/aromatic N) is 1. The van der Waals surface area contributed by atoms with Gasteiger partial charge in [-0.2, -0.15) is 0 Å². The van der Waals surface area contributed by atoms with Crippen LogP contribution in [0.4, 0.5) is 4.79 Å². The van der Waals surface area contributed by atoms with E-state index in [0.29, 0.717) is 5.56 Å². The lowest BCUT2D eigenvalue weighted by molar-refractivity contribution is -0.135. The molecular formula is C23H26BrN3O3. The van der Waals surface area contributed by atoms with Gasteiger partial charge in [-0.1, -0.05) is 65.7 Å². The number of carbonyl (C=O) groups is 3. The number of hydrogen-bond acceptors (Lipinski definition) is 3. The molecule has 1 saturated heterocycles. The smallest absolute Gasteiger partial charge is 0.325 e. The Morgan fingerprint density at radius 1 is 1.13 bits per heavy atom. The molecule has 2 aromatic rings. The average molecular weight is 472 g/mol. The number of urea groups is 1.